The van der Waals surface area contributed by atoms with Gasteiger partial charge in [0.2, 0.25) is 0 Å². The van der Waals surface area contributed by atoms with Gasteiger partial charge in [-0.05, 0) is 13.0 Å². The maximum Gasteiger partial charge on any atom is 0.177 e. The molecule has 0 aliphatic heterocycles. The van der Waals surface area contributed by atoms with E-state index in [1.165, 1.54) is 6.07 Å². The lowest BCUT2D eigenvalue weighted by molar-refractivity contribution is 0.436. The average Bonchev–Trinajstić information content (AvgIpc) is 2.82. The fourth-order valence-corrected chi connectivity index (χ4v) is 2.13. The van der Waals surface area contributed by atoms with Crippen LogP contribution in [0.15, 0.2) is 53.1 Å². The highest BCUT2D eigenvalue weighted by Gasteiger charge is 2.19. The molecular formula is C16H13FN2O. The normalized spacial score (nSPS) is 10.7. The summed E-state index contributed by atoms with van der Waals surface area (Å²) in [6, 6.07) is 14.2. The van der Waals surface area contributed by atoms with Crippen molar-refractivity contribution in [3.8, 4) is 22.5 Å². The van der Waals surface area contributed by atoms with Crippen molar-refractivity contribution < 1.29 is 8.91 Å². The predicted octanol–water partition coefficient (Wildman–Crippen LogP) is 4.04. The Morgan fingerprint density at radius 1 is 1.05 bits per heavy atom. The zero-order chi connectivity index (χ0) is 14.1. The predicted molar refractivity (Wildman–Crippen MR) is 76.5 cm³/mol. The number of hydrogen-bond donors (Lipinski definition) is 1. The lowest BCUT2D eigenvalue weighted by atomic mass is 10.0. The van der Waals surface area contributed by atoms with Gasteiger partial charge in [-0.1, -0.05) is 53.2 Å². The first-order valence-electron chi connectivity index (χ1n) is 6.24. The Labute approximate surface area is 115 Å². The first-order chi connectivity index (χ1) is 9.66. The summed E-state index contributed by atoms with van der Waals surface area (Å²) in [5.74, 6) is 0.314. The fraction of sp³-hybridized carbons (Fsp3) is 0.0625. The van der Waals surface area contributed by atoms with Crippen LogP contribution in [0, 0.1) is 12.7 Å². The van der Waals surface area contributed by atoms with Gasteiger partial charge in [-0.2, -0.15) is 0 Å². The number of nitrogens with two attached hydrogens (primary N) is 1. The third-order valence-electron chi connectivity index (χ3n) is 3.18. The Morgan fingerprint density at radius 3 is 2.45 bits per heavy atom. The Morgan fingerprint density at radius 2 is 1.75 bits per heavy atom. The van der Waals surface area contributed by atoms with Crippen LogP contribution in [0.1, 0.15) is 5.56 Å². The van der Waals surface area contributed by atoms with Crippen molar-refractivity contribution in [2.24, 2.45) is 0 Å². The van der Waals surface area contributed by atoms with Crippen LogP contribution in [0.25, 0.3) is 22.5 Å². The summed E-state index contributed by atoms with van der Waals surface area (Å²) >= 11 is 0. The summed E-state index contributed by atoms with van der Waals surface area (Å²) in [5.41, 5.74) is 8.67. The van der Waals surface area contributed by atoms with Crippen molar-refractivity contribution in [3.05, 3.63) is 59.9 Å². The SMILES string of the molecule is Cc1ccc(-c2onc(N)c2-c2ccccc2F)cc1. The van der Waals surface area contributed by atoms with Gasteiger partial charge >= 0.3 is 0 Å². The van der Waals surface area contributed by atoms with Crippen molar-refractivity contribution in [3.63, 3.8) is 0 Å². The van der Waals surface area contributed by atoms with Crippen LogP contribution in [0.2, 0.25) is 0 Å². The van der Waals surface area contributed by atoms with E-state index in [9.17, 15) is 4.39 Å². The van der Waals surface area contributed by atoms with E-state index in [0.717, 1.165) is 11.1 Å². The monoisotopic (exact) mass is 268 g/mol. The number of anilines is 1. The molecular weight excluding hydrogens is 255 g/mol. The lowest BCUT2D eigenvalue weighted by Gasteiger charge is -2.04. The average molecular weight is 268 g/mol. The van der Waals surface area contributed by atoms with Crippen molar-refractivity contribution >= 4 is 5.82 Å². The van der Waals surface area contributed by atoms with Crippen molar-refractivity contribution in [1.82, 2.24) is 5.16 Å². The molecule has 2 N–H and O–H groups in total. The number of aromatic nitrogens is 1. The molecule has 3 rings (SSSR count). The van der Waals surface area contributed by atoms with Crippen LogP contribution < -0.4 is 5.73 Å². The van der Waals surface area contributed by atoms with E-state index in [4.69, 9.17) is 10.3 Å². The van der Waals surface area contributed by atoms with Crippen LogP contribution in [-0.2, 0) is 0 Å². The molecule has 0 aliphatic carbocycles. The minimum absolute atomic E-state index is 0.186. The van der Waals surface area contributed by atoms with Crippen LogP contribution in [0.4, 0.5) is 10.2 Å². The third-order valence-corrected chi connectivity index (χ3v) is 3.18. The maximum absolute atomic E-state index is 14.0. The van der Waals surface area contributed by atoms with Gasteiger partial charge in [-0.25, -0.2) is 4.39 Å². The Kier molecular flexibility index (Phi) is 2.99. The van der Waals surface area contributed by atoms with Gasteiger partial charge < -0.3 is 10.3 Å². The second-order valence-corrected chi connectivity index (χ2v) is 4.62. The summed E-state index contributed by atoms with van der Waals surface area (Å²) in [6.07, 6.45) is 0. The number of benzene rings is 2. The van der Waals surface area contributed by atoms with Gasteiger partial charge in [0.15, 0.2) is 11.6 Å². The Bertz CT molecular complexity index is 747. The molecule has 100 valence electrons. The van der Waals surface area contributed by atoms with Gasteiger partial charge in [0.05, 0.1) is 5.56 Å². The summed E-state index contributed by atoms with van der Waals surface area (Å²) in [6.45, 7) is 2.00. The molecule has 0 bridgehead atoms. The topological polar surface area (TPSA) is 52.0 Å². The summed E-state index contributed by atoms with van der Waals surface area (Å²) in [4.78, 5) is 0. The fourth-order valence-electron chi connectivity index (χ4n) is 2.13. The molecule has 0 fully saturated rings. The zero-order valence-corrected chi connectivity index (χ0v) is 10.9. The molecule has 0 atom stereocenters. The first kappa shape index (κ1) is 12.4. The van der Waals surface area contributed by atoms with Crippen LogP contribution in [-0.4, -0.2) is 5.16 Å². The van der Waals surface area contributed by atoms with Crippen molar-refractivity contribution in [2.75, 3.05) is 5.73 Å². The van der Waals surface area contributed by atoms with E-state index < -0.39 is 0 Å². The van der Waals surface area contributed by atoms with E-state index in [0.29, 0.717) is 16.9 Å². The Balaban J connectivity index is 2.20. The van der Waals surface area contributed by atoms with E-state index in [1.807, 2.05) is 31.2 Å². The molecule has 2 aromatic carbocycles. The van der Waals surface area contributed by atoms with Crippen LogP contribution >= 0.6 is 0 Å². The zero-order valence-electron chi connectivity index (χ0n) is 10.9. The van der Waals surface area contributed by atoms with Gasteiger partial charge in [-0.15, -0.1) is 0 Å². The molecule has 1 heterocycles. The van der Waals surface area contributed by atoms with Crippen molar-refractivity contribution in [2.45, 2.75) is 6.92 Å². The molecule has 0 saturated heterocycles. The molecule has 0 unspecified atom stereocenters. The minimum atomic E-state index is -0.351. The van der Waals surface area contributed by atoms with Gasteiger partial charge in [0.25, 0.3) is 0 Å². The van der Waals surface area contributed by atoms with Gasteiger partial charge in [0.1, 0.15) is 5.82 Å². The van der Waals surface area contributed by atoms with Crippen molar-refractivity contribution in [1.29, 1.82) is 0 Å². The second kappa shape index (κ2) is 4.81. The molecule has 4 heteroatoms. The molecule has 20 heavy (non-hydrogen) atoms. The molecule has 0 spiro atoms. The van der Waals surface area contributed by atoms with Crippen LogP contribution in [0.5, 0.6) is 0 Å². The molecule has 0 aliphatic rings. The number of nitrogen functional groups attached to an aromatic ring is 1. The quantitative estimate of drug-likeness (QED) is 0.763. The third kappa shape index (κ3) is 2.05. The number of rotatable bonds is 2. The standard InChI is InChI=1S/C16H13FN2O/c1-10-6-8-11(9-7-10)15-14(16(18)19-20-15)12-4-2-3-5-13(12)17/h2-9H,1H3,(H2,18,19). The minimum Gasteiger partial charge on any atom is -0.380 e. The Hall–Kier alpha value is -2.62. The first-order valence-corrected chi connectivity index (χ1v) is 6.24. The lowest BCUT2D eigenvalue weighted by Crippen LogP contribution is -1.91. The molecule has 0 radical (unpaired) electrons. The highest BCUT2D eigenvalue weighted by atomic mass is 19.1. The number of nitrogens with zero attached hydrogens (tertiary/aromatic N) is 1. The van der Waals surface area contributed by atoms with E-state index in [-0.39, 0.29) is 11.6 Å². The number of aryl methyl sites for hydroxylation is 1. The summed E-state index contributed by atoms with van der Waals surface area (Å²) in [5, 5.41) is 3.77. The van der Waals surface area contributed by atoms with Gasteiger partial charge in [-0.3, -0.25) is 0 Å². The molecule has 3 nitrogen and oxygen atoms in total. The second-order valence-electron chi connectivity index (χ2n) is 4.62. The summed E-state index contributed by atoms with van der Waals surface area (Å²) in [7, 11) is 0. The smallest absolute Gasteiger partial charge is 0.177 e. The largest absolute Gasteiger partial charge is 0.380 e. The summed E-state index contributed by atoms with van der Waals surface area (Å²) < 4.78 is 19.3. The van der Waals surface area contributed by atoms with Crippen LogP contribution in [0.3, 0.4) is 0 Å². The molecule has 3 aromatic rings. The van der Waals surface area contributed by atoms with Gasteiger partial charge in [0, 0.05) is 11.1 Å². The number of hydrogen-bond acceptors (Lipinski definition) is 3. The van der Waals surface area contributed by atoms with E-state index in [1.54, 1.807) is 18.2 Å². The number of halogens is 1. The molecule has 0 amide bonds. The molecule has 0 saturated carbocycles. The maximum atomic E-state index is 14.0. The van der Waals surface area contributed by atoms with E-state index in [2.05, 4.69) is 5.16 Å². The highest BCUT2D eigenvalue weighted by molar-refractivity contribution is 5.86. The molecule has 1 aromatic heterocycles. The highest BCUT2D eigenvalue weighted by Crippen LogP contribution is 2.37. The van der Waals surface area contributed by atoms with E-state index >= 15 is 0 Å².